The van der Waals surface area contributed by atoms with Gasteiger partial charge in [0.2, 0.25) is 0 Å². The SMILES string of the molecule is CC(C)c1ccc(NC(=O)Nc2ccccc2OS(=O)(=O)c2cccc(S(=O)(=O)Oc3ccccc3NC(=O)Nc3ccc(C(C)C)cc3)c2)cc1. The number of carbonyl (C=O) groups excluding carboxylic acids is 2. The van der Waals surface area contributed by atoms with Crippen LogP contribution < -0.4 is 29.6 Å². The lowest BCUT2D eigenvalue weighted by Gasteiger charge is -2.15. The monoisotopic (exact) mass is 742 g/mol. The molecule has 14 heteroatoms. The van der Waals surface area contributed by atoms with Gasteiger partial charge < -0.3 is 29.6 Å². The fourth-order valence-electron chi connectivity index (χ4n) is 4.88. The Morgan fingerprint density at radius 3 is 1.21 bits per heavy atom. The first-order chi connectivity index (χ1) is 24.7. The first-order valence-corrected chi connectivity index (χ1v) is 19.0. The fourth-order valence-corrected chi connectivity index (χ4v) is 6.94. The van der Waals surface area contributed by atoms with Crippen LogP contribution in [-0.2, 0) is 20.2 Å². The van der Waals surface area contributed by atoms with Gasteiger partial charge in [0.15, 0.2) is 11.5 Å². The minimum absolute atomic E-state index is 0.0511. The summed E-state index contributed by atoms with van der Waals surface area (Å²) in [5, 5.41) is 10.5. The molecule has 52 heavy (non-hydrogen) atoms. The summed E-state index contributed by atoms with van der Waals surface area (Å²) in [7, 11) is -9.24. The van der Waals surface area contributed by atoms with Crippen molar-refractivity contribution < 1.29 is 34.8 Å². The van der Waals surface area contributed by atoms with Crippen LogP contribution in [0.2, 0.25) is 0 Å². The summed E-state index contributed by atoms with van der Waals surface area (Å²) in [6.45, 7) is 8.22. The Labute approximate surface area is 303 Å². The molecule has 5 rings (SSSR count). The molecule has 4 N–H and O–H groups in total. The highest BCUT2D eigenvalue weighted by Crippen LogP contribution is 2.31. The number of benzene rings is 5. The minimum atomic E-state index is -4.62. The maximum Gasteiger partial charge on any atom is 0.339 e. The van der Waals surface area contributed by atoms with Crippen LogP contribution in [-0.4, -0.2) is 28.9 Å². The standard InChI is InChI=1S/C38H38N4O8S2/c1-25(2)27-16-20-29(21-17-27)39-37(43)41-33-12-5-7-14-35(33)49-51(45,46)31-10-9-11-32(24-31)52(47,48)50-36-15-8-6-13-34(36)42-38(44)40-30-22-18-28(19-23-30)26(3)4/h5-26H,1-4H3,(H2,39,41,43)(H2,40,42,44). The summed E-state index contributed by atoms with van der Waals surface area (Å²) in [5.74, 6) is 0.234. The van der Waals surface area contributed by atoms with E-state index in [9.17, 15) is 26.4 Å². The Balaban J connectivity index is 1.28. The summed E-state index contributed by atoms with van der Waals surface area (Å²) in [6.07, 6.45) is 0. The average Bonchev–Trinajstić information content (AvgIpc) is 3.10. The van der Waals surface area contributed by atoms with Crippen molar-refractivity contribution in [2.24, 2.45) is 0 Å². The number of urea groups is 2. The number of carbonyl (C=O) groups is 2. The molecule has 4 amide bonds. The van der Waals surface area contributed by atoms with Crippen molar-refractivity contribution in [2.75, 3.05) is 21.3 Å². The molecule has 0 saturated carbocycles. The predicted octanol–water partition coefficient (Wildman–Crippen LogP) is 8.76. The lowest BCUT2D eigenvalue weighted by atomic mass is 10.0. The van der Waals surface area contributed by atoms with Crippen molar-refractivity contribution in [1.29, 1.82) is 0 Å². The zero-order valence-electron chi connectivity index (χ0n) is 28.8. The van der Waals surface area contributed by atoms with E-state index in [4.69, 9.17) is 8.37 Å². The van der Waals surface area contributed by atoms with E-state index < -0.39 is 42.1 Å². The molecule has 270 valence electrons. The van der Waals surface area contributed by atoms with Gasteiger partial charge in [0.25, 0.3) is 0 Å². The highest BCUT2D eigenvalue weighted by atomic mass is 32.2. The number of nitrogens with one attached hydrogen (secondary N) is 4. The summed E-state index contributed by atoms with van der Waals surface area (Å²) in [5.41, 5.74) is 3.36. The van der Waals surface area contributed by atoms with Gasteiger partial charge in [-0.05, 0) is 89.7 Å². The summed E-state index contributed by atoms with van der Waals surface area (Å²) < 4.78 is 64.3. The molecule has 5 aromatic rings. The summed E-state index contributed by atoms with van der Waals surface area (Å²) in [4.78, 5) is 24.5. The van der Waals surface area contributed by atoms with Gasteiger partial charge in [-0.3, -0.25) is 0 Å². The predicted molar refractivity (Wildman–Crippen MR) is 201 cm³/mol. The molecular weight excluding hydrogens is 705 g/mol. The zero-order valence-corrected chi connectivity index (χ0v) is 30.4. The van der Waals surface area contributed by atoms with E-state index in [1.54, 1.807) is 36.4 Å². The third-order valence-electron chi connectivity index (χ3n) is 7.72. The molecule has 0 atom stereocenters. The molecule has 0 bridgehead atoms. The summed E-state index contributed by atoms with van der Waals surface area (Å²) in [6, 6.07) is 29.5. The first kappa shape index (κ1) is 37.4. The Morgan fingerprint density at radius 1 is 0.481 bits per heavy atom. The van der Waals surface area contributed by atoms with Gasteiger partial charge in [0.1, 0.15) is 9.79 Å². The maximum atomic E-state index is 13.4. The number of amides is 4. The van der Waals surface area contributed by atoms with Gasteiger partial charge in [0.05, 0.1) is 11.4 Å². The van der Waals surface area contributed by atoms with Crippen molar-refractivity contribution in [3.05, 3.63) is 132 Å². The van der Waals surface area contributed by atoms with E-state index in [2.05, 4.69) is 49.0 Å². The van der Waals surface area contributed by atoms with Crippen molar-refractivity contribution in [2.45, 2.75) is 49.3 Å². The average molecular weight is 743 g/mol. The van der Waals surface area contributed by atoms with E-state index >= 15 is 0 Å². The quantitative estimate of drug-likeness (QED) is 0.0920. The van der Waals surface area contributed by atoms with Gasteiger partial charge in [-0.25, -0.2) is 9.59 Å². The van der Waals surface area contributed by atoms with Gasteiger partial charge in [-0.15, -0.1) is 0 Å². The second-order valence-corrected chi connectivity index (χ2v) is 15.3. The van der Waals surface area contributed by atoms with Crippen LogP contribution in [0.4, 0.5) is 32.3 Å². The van der Waals surface area contributed by atoms with Crippen LogP contribution in [0.5, 0.6) is 11.5 Å². The lowest BCUT2D eigenvalue weighted by molar-refractivity contribution is 0.261. The zero-order chi connectivity index (χ0) is 37.5. The van der Waals surface area contributed by atoms with E-state index in [-0.39, 0.29) is 22.9 Å². The second-order valence-electron chi connectivity index (χ2n) is 12.3. The Morgan fingerprint density at radius 2 is 0.846 bits per heavy atom. The van der Waals surface area contributed by atoms with Crippen molar-refractivity contribution in [3.63, 3.8) is 0 Å². The number of hydrogen-bond acceptors (Lipinski definition) is 8. The number of anilines is 4. The van der Waals surface area contributed by atoms with Crippen LogP contribution in [0.1, 0.15) is 50.7 Å². The molecule has 0 fully saturated rings. The van der Waals surface area contributed by atoms with Crippen molar-refractivity contribution in [3.8, 4) is 11.5 Å². The molecular formula is C38H38N4O8S2. The Hall–Kier alpha value is -5.86. The first-order valence-electron chi connectivity index (χ1n) is 16.2. The van der Waals surface area contributed by atoms with Crippen LogP contribution in [0.3, 0.4) is 0 Å². The fraction of sp³-hybridized carbons (Fsp3) is 0.158. The molecule has 0 aliphatic rings. The molecule has 0 aliphatic heterocycles. The maximum absolute atomic E-state index is 13.4. The number of para-hydroxylation sites is 4. The largest absolute Gasteiger partial charge is 0.377 e. The van der Waals surface area contributed by atoms with Crippen LogP contribution >= 0.6 is 0 Å². The second kappa shape index (κ2) is 16.0. The Bertz CT molecular complexity index is 2120. The van der Waals surface area contributed by atoms with E-state index in [1.807, 2.05) is 24.3 Å². The van der Waals surface area contributed by atoms with Crippen LogP contribution in [0.25, 0.3) is 0 Å². The number of hydrogen-bond donors (Lipinski definition) is 4. The highest BCUT2D eigenvalue weighted by Gasteiger charge is 2.25. The third kappa shape index (κ3) is 9.68. The molecule has 0 saturated heterocycles. The molecule has 12 nitrogen and oxygen atoms in total. The topological polar surface area (TPSA) is 169 Å². The molecule has 0 aliphatic carbocycles. The van der Waals surface area contributed by atoms with E-state index in [0.29, 0.717) is 23.2 Å². The van der Waals surface area contributed by atoms with E-state index in [0.717, 1.165) is 29.3 Å². The van der Waals surface area contributed by atoms with Crippen molar-refractivity contribution >= 4 is 55.0 Å². The van der Waals surface area contributed by atoms with Crippen LogP contribution in [0.15, 0.2) is 131 Å². The van der Waals surface area contributed by atoms with Gasteiger partial charge in [-0.1, -0.05) is 82.3 Å². The molecule has 0 radical (unpaired) electrons. The summed E-state index contributed by atoms with van der Waals surface area (Å²) >= 11 is 0. The Kier molecular flexibility index (Phi) is 11.5. The van der Waals surface area contributed by atoms with Gasteiger partial charge >= 0.3 is 32.3 Å². The van der Waals surface area contributed by atoms with Gasteiger partial charge in [-0.2, -0.15) is 16.8 Å². The molecule has 0 unspecified atom stereocenters. The third-order valence-corrected chi connectivity index (χ3v) is 10.2. The number of rotatable bonds is 12. The smallest absolute Gasteiger partial charge is 0.339 e. The van der Waals surface area contributed by atoms with Crippen LogP contribution in [0, 0.1) is 0 Å². The molecule has 5 aromatic carbocycles. The normalized spacial score (nSPS) is 11.5. The van der Waals surface area contributed by atoms with Crippen molar-refractivity contribution in [1.82, 2.24) is 0 Å². The highest BCUT2D eigenvalue weighted by molar-refractivity contribution is 7.88. The minimum Gasteiger partial charge on any atom is -0.377 e. The molecule has 0 spiro atoms. The van der Waals surface area contributed by atoms with Gasteiger partial charge in [0, 0.05) is 11.4 Å². The van der Waals surface area contributed by atoms with E-state index in [1.165, 1.54) is 42.5 Å². The lowest BCUT2D eigenvalue weighted by Crippen LogP contribution is -2.21. The molecule has 0 heterocycles. The molecule has 0 aromatic heterocycles.